The number of hydrogen-bond donors (Lipinski definition) is 8. The first kappa shape index (κ1) is 29.5. The van der Waals surface area contributed by atoms with Crippen LogP contribution in [0.3, 0.4) is 0 Å². The monoisotopic (exact) mass is 593 g/mol. The van der Waals surface area contributed by atoms with Crippen LogP contribution in [0, 0.1) is 0 Å². The summed E-state index contributed by atoms with van der Waals surface area (Å²) in [6.07, 6.45) is -4.90. The predicted octanol–water partition coefficient (Wildman–Crippen LogP) is -1.94. The molecule has 1 amide bonds. The van der Waals surface area contributed by atoms with Gasteiger partial charge in [0.2, 0.25) is 0 Å². The minimum atomic E-state index is -5.78. The minimum Gasteiger partial charge on any atom is -0.440 e. The number of ether oxygens (including phenoxy) is 2. The SMILES string of the molecule is NCCNC(=O)O[C@H]1[C@@H](O)[C@H](n2cnc3c(N)ncnc32)O[C@@H]1COP(=O)(O)OP(=O)(O)OP(=O)(O)O. The molecule has 0 radical (unpaired) electrons. The smallest absolute Gasteiger partial charge is 0.440 e. The van der Waals surface area contributed by atoms with Crippen molar-refractivity contribution in [1.29, 1.82) is 0 Å². The number of nitrogens with two attached hydrogens (primary N) is 2. The summed E-state index contributed by atoms with van der Waals surface area (Å²) in [4.78, 5) is 60.1. The van der Waals surface area contributed by atoms with Gasteiger partial charge in [-0.1, -0.05) is 0 Å². The number of nitrogens with zero attached hydrogens (tertiary/aromatic N) is 4. The largest absolute Gasteiger partial charge is 0.490 e. The maximum Gasteiger partial charge on any atom is 0.490 e. The summed E-state index contributed by atoms with van der Waals surface area (Å²) in [7, 11) is -16.9. The Labute approximate surface area is 206 Å². The first-order chi connectivity index (χ1) is 17.1. The zero-order valence-electron chi connectivity index (χ0n) is 18.3. The Bertz CT molecular complexity index is 1270. The van der Waals surface area contributed by atoms with E-state index >= 15 is 0 Å². The molecule has 3 heterocycles. The summed E-state index contributed by atoms with van der Waals surface area (Å²) >= 11 is 0. The third-order valence-corrected chi connectivity index (χ3v) is 8.25. The number of carbonyl (C=O) groups is 1. The molecule has 0 bridgehead atoms. The molecular formula is C13H22N7O14P3. The van der Waals surface area contributed by atoms with Crippen LogP contribution in [0.4, 0.5) is 10.6 Å². The van der Waals surface area contributed by atoms with Gasteiger partial charge in [0.1, 0.15) is 24.1 Å². The fourth-order valence-corrected chi connectivity index (χ4v) is 6.13. The fourth-order valence-electron chi connectivity index (χ4n) is 3.10. The number of phosphoric ester groups is 1. The Kier molecular flexibility index (Phi) is 9.03. The molecule has 6 atom stereocenters. The molecule has 2 aromatic heterocycles. The zero-order valence-corrected chi connectivity index (χ0v) is 21.0. The highest BCUT2D eigenvalue weighted by atomic mass is 31.3. The lowest BCUT2D eigenvalue weighted by molar-refractivity contribution is -0.0508. The Morgan fingerprint density at radius 1 is 1.14 bits per heavy atom. The van der Waals surface area contributed by atoms with E-state index in [-0.39, 0.29) is 30.1 Å². The number of nitrogen functional groups attached to an aromatic ring is 1. The molecule has 2 unspecified atom stereocenters. The lowest BCUT2D eigenvalue weighted by atomic mass is 10.1. The molecule has 0 spiro atoms. The average molecular weight is 593 g/mol. The first-order valence-electron chi connectivity index (χ1n) is 9.82. The van der Waals surface area contributed by atoms with Crippen molar-refractivity contribution in [3.63, 3.8) is 0 Å². The predicted molar refractivity (Wildman–Crippen MR) is 117 cm³/mol. The van der Waals surface area contributed by atoms with Crippen LogP contribution >= 0.6 is 23.5 Å². The maximum atomic E-state index is 12.1. The van der Waals surface area contributed by atoms with Crippen molar-refractivity contribution in [1.82, 2.24) is 24.8 Å². The minimum absolute atomic E-state index is 0.000490. The molecule has 208 valence electrons. The van der Waals surface area contributed by atoms with Gasteiger partial charge >= 0.3 is 29.6 Å². The van der Waals surface area contributed by atoms with Crippen LogP contribution < -0.4 is 16.8 Å². The van der Waals surface area contributed by atoms with Crippen LogP contribution in [0.5, 0.6) is 0 Å². The second-order valence-corrected chi connectivity index (χ2v) is 11.5. The van der Waals surface area contributed by atoms with Crippen molar-refractivity contribution in [3.05, 3.63) is 12.7 Å². The summed E-state index contributed by atoms with van der Waals surface area (Å²) in [6, 6.07) is 0. The van der Waals surface area contributed by atoms with Gasteiger partial charge in [-0.05, 0) is 0 Å². The number of imidazole rings is 1. The fraction of sp³-hybridized carbons (Fsp3) is 0.538. The average Bonchev–Trinajstić information content (AvgIpc) is 3.31. The molecule has 0 saturated carbocycles. The van der Waals surface area contributed by atoms with E-state index in [1.54, 1.807) is 0 Å². The summed E-state index contributed by atoms with van der Waals surface area (Å²) < 4.78 is 58.2. The molecule has 24 heteroatoms. The quantitative estimate of drug-likeness (QED) is 0.131. The second kappa shape index (κ2) is 11.3. The van der Waals surface area contributed by atoms with Crippen LogP contribution in [0.2, 0.25) is 0 Å². The van der Waals surface area contributed by atoms with E-state index in [2.05, 4.69) is 33.4 Å². The molecular weight excluding hydrogens is 571 g/mol. The van der Waals surface area contributed by atoms with Gasteiger partial charge in [0.15, 0.2) is 23.8 Å². The van der Waals surface area contributed by atoms with E-state index in [4.69, 9.17) is 30.7 Å². The van der Waals surface area contributed by atoms with Gasteiger partial charge in [-0.3, -0.25) is 9.09 Å². The Morgan fingerprint density at radius 3 is 2.49 bits per heavy atom. The summed E-state index contributed by atoms with van der Waals surface area (Å²) in [5, 5.41) is 13.1. The van der Waals surface area contributed by atoms with Crippen LogP contribution in [-0.4, -0.2) is 88.3 Å². The van der Waals surface area contributed by atoms with Crippen molar-refractivity contribution >= 4 is 46.5 Å². The van der Waals surface area contributed by atoms with Gasteiger partial charge in [0.05, 0.1) is 12.9 Å². The number of aromatic nitrogens is 4. The van der Waals surface area contributed by atoms with Gasteiger partial charge in [-0.2, -0.15) is 8.62 Å². The molecule has 1 saturated heterocycles. The van der Waals surface area contributed by atoms with Crippen LogP contribution in [-0.2, 0) is 36.3 Å². The van der Waals surface area contributed by atoms with Crippen molar-refractivity contribution in [2.45, 2.75) is 24.5 Å². The number of aliphatic hydroxyl groups excluding tert-OH is 1. The van der Waals surface area contributed by atoms with E-state index in [9.17, 15) is 33.4 Å². The van der Waals surface area contributed by atoms with E-state index in [1.165, 1.54) is 10.9 Å². The number of nitrogens with one attached hydrogen (secondary N) is 1. The third kappa shape index (κ3) is 7.71. The lowest BCUT2D eigenvalue weighted by Gasteiger charge is -2.22. The van der Waals surface area contributed by atoms with Gasteiger partial charge in [0.25, 0.3) is 0 Å². The topological polar surface area (TPSA) is 323 Å². The van der Waals surface area contributed by atoms with Crippen LogP contribution in [0.15, 0.2) is 12.7 Å². The highest BCUT2D eigenvalue weighted by Gasteiger charge is 2.49. The molecule has 0 aromatic carbocycles. The van der Waals surface area contributed by atoms with Gasteiger partial charge in [-0.25, -0.2) is 33.4 Å². The summed E-state index contributed by atoms with van der Waals surface area (Å²) in [5.41, 5.74) is 11.3. The molecule has 1 aliphatic rings. The number of hydrogen-bond acceptors (Lipinski definition) is 15. The van der Waals surface area contributed by atoms with E-state index in [0.29, 0.717) is 0 Å². The number of anilines is 1. The normalized spacial score (nSPS) is 25.5. The summed E-state index contributed by atoms with van der Waals surface area (Å²) in [5.74, 6) is 0.00871. The Balaban J connectivity index is 1.81. The molecule has 0 aliphatic carbocycles. The number of phosphoric acid groups is 3. The Morgan fingerprint density at radius 2 is 1.84 bits per heavy atom. The molecule has 10 N–H and O–H groups in total. The molecule has 21 nitrogen and oxygen atoms in total. The van der Waals surface area contributed by atoms with E-state index in [1.807, 2.05) is 0 Å². The molecule has 37 heavy (non-hydrogen) atoms. The zero-order chi connectivity index (χ0) is 27.6. The van der Waals surface area contributed by atoms with Gasteiger partial charge in [0, 0.05) is 13.1 Å². The maximum absolute atomic E-state index is 12.1. The molecule has 3 rings (SSSR count). The number of rotatable bonds is 11. The Hall–Kier alpha value is -2.09. The molecule has 1 aliphatic heterocycles. The number of fused-ring (bicyclic) bond motifs is 1. The van der Waals surface area contributed by atoms with E-state index in [0.717, 1.165) is 6.33 Å². The third-order valence-electron chi connectivity index (χ3n) is 4.45. The van der Waals surface area contributed by atoms with Crippen molar-refractivity contribution in [2.24, 2.45) is 5.73 Å². The van der Waals surface area contributed by atoms with Gasteiger partial charge in [-0.15, -0.1) is 0 Å². The summed E-state index contributed by atoms with van der Waals surface area (Å²) in [6.45, 7) is -0.963. The number of alkyl carbamates (subject to hydrolysis) is 1. The molecule has 1 fully saturated rings. The standard InChI is InChI=1S/C13H22N7O14P3/c14-1-2-16-13(22)32-9-6(3-30-36(26,27)34-37(28,29)33-35(23,24)25)31-12(8(9)21)20-5-19-7-10(15)17-4-18-11(7)20/h4-6,8-9,12,21H,1-3,14H2,(H,16,22)(H,26,27)(H,28,29)(H2,15,17,18)(H2,23,24,25)/t6-,8-,9-,12-/m1/s1. The van der Waals surface area contributed by atoms with E-state index < -0.39 is 60.7 Å². The van der Waals surface area contributed by atoms with Crippen molar-refractivity contribution in [3.8, 4) is 0 Å². The highest BCUT2D eigenvalue weighted by Crippen LogP contribution is 2.66. The number of aliphatic hydroxyl groups is 1. The highest BCUT2D eigenvalue weighted by molar-refractivity contribution is 7.66. The first-order valence-corrected chi connectivity index (χ1v) is 14.3. The van der Waals surface area contributed by atoms with Crippen molar-refractivity contribution < 1.29 is 65.8 Å². The van der Waals surface area contributed by atoms with Crippen LogP contribution in [0.25, 0.3) is 11.2 Å². The molecule has 2 aromatic rings. The van der Waals surface area contributed by atoms with Crippen molar-refractivity contribution in [2.75, 3.05) is 25.4 Å². The van der Waals surface area contributed by atoms with Gasteiger partial charge < -0.3 is 50.9 Å². The van der Waals surface area contributed by atoms with Crippen LogP contribution in [0.1, 0.15) is 6.23 Å². The number of amides is 1. The second-order valence-electron chi connectivity index (χ2n) is 7.11. The lowest BCUT2D eigenvalue weighted by Crippen LogP contribution is -2.42. The number of carbonyl (C=O) groups excluding carboxylic acids is 1.